The average Bonchev–Trinajstić information content (AvgIpc) is 2.80. The van der Waals surface area contributed by atoms with Crippen molar-refractivity contribution in [2.45, 2.75) is 6.18 Å². The molecule has 0 radical (unpaired) electrons. The fourth-order valence-electron chi connectivity index (χ4n) is 3.49. The Morgan fingerprint density at radius 1 is 1.06 bits per heavy atom. The van der Waals surface area contributed by atoms with Gasteiger partial charge in [-0.05, 0) is 24.3 Å². The molecule has 174 valence electrons. The van der Waals surface area contributed by atoms with E-state index in [9.17, 15) is 18.0 Å². The second-order valence-electron chi connectivity index (χ2n) is 7.08. The molecule has 0 bridgehead atoms. The first-order valence-electron chi connectivity index (χ1n) is 9.89. The fourth-order valence-corrected chi connectivity index (χ4v) is 3.49. The van der Waals surface area contributed by atoms with Crippen molar-refractivity contribution in [3.8, 4) is 28.5 Å². The smallest absolute Gasteiger partial charge is 0.406 e. The van der Waals surface area contributed by atoms with Crippen LogP contribution in [0.15, 0.2) is 55.1 Å². The maximum atomic E-state index is 13.2. The lowest BCUT2D eigenvalue weighted by Gasteiger charge is -2.23. The zero-order valence-corrected chi connectivity index (χ0v) is 18.4. The summed E-state index contributed by atoms with van der Waals surface area (Å²) in [6.07, 6.45) is -3.30. The van der Waals surface area contributed by atoms with Gasteiger partial charge in [0.2, 0.25) is 5.75 Å². The largest absolute Gasteiger partial charge is 0.493 e. The van der Waals surface area contributed by atoms with E-state index in [4.69, 9.17) is 14.2 Å². The summed E-state index contributed by atoms with van der Waals surface area (Å²) >= 11 is 0. The molecule has 0 unspecified atom stereocenters. The molecule has 0 aliphatic rings. The molecule has 0 spiro atoms. The van der Waals surface area contributed by atoms with Gasteiger partial charge in [0.05, 0.1) is 38.1 Å². The molecule has 0 saturated carbocycles. The lowest BCUT2D eigenvalue weighted by atomic mass is 10.0. The Morgan fingerprint density at radius 3 is 2.24 bits per heavy atom. The van der Waals surface area contributed by atoms with Crippen molar-refractivity contribution in [3.63, 3.8) is 0 Å². The van der Waals surface area contributed by atoms with E-state index in [-0.39, 0.29) is 12.1 Å². The number of fused-ring (bicyclic) bond motifs is 1. The number of rotatable bonds is 8. The molecule has 0 aliphatic heterocycles. The van der Waals surface area contributed by atoms with Gasteiger partial charge < -0.3 is 19.1 Å². The first-order valence-corrected chi connectivity index (χ1v) is 9.89. The summed E-state index contributed by atoms with van der Waals surface area (Å²) in [6, 6.07) is 11.6. The van der Waals surface area contributed by atoms with Gasteiger partial charge in [-0.1, -0.05) is 24.3 Å². The highest BCUT2D eigenvalue weighted by Gasteiger charge is 2.33. The van der Waals surface area contributed by atoms with E-state index < -0.39 is 18.6 Å². The standard InChI is InChI=1S/C24H23F3N2O4/c1-5-10-29(14-24(25,26)27)23(30)17-13-19(28-18-9-7-6-8-16(17)18)15-11-20(31-2)22(33-4)21(12-15)32-3/h5-9,11-13H,1,10,14H2,2-4H3. The van der Waals surface area contributed by atoms with E-state index in [1.807, 2.05) is 0 Å². The van der Waals surface area contributed by atoms with Crippen LogP contribution >= 0.6 is 0 Å². The highest BCUT2D eigenvalue weighted by molar-refractivity contribution is 6.07. The molecule has 0 aliphatic carbocycles. The van der Waals surface area contributed by atoms with Crippen LogP contribution in [-0.2, 0) is 0 Å². The zero-order valence-electron chi connectivity index (χ0n) is 18.4. The van der Waals surface area contributed by atoms with Crippen LogP contribution in [0.4, 0.5) is 13.2 Å². The summed E-state index contributed by atoms with van der Waals surface area (Å²) in [5.74, 6) is 0.350. The molecule has 0 saturated heterocycles. The lowest BCUT2D eigenvalue weighted by Crippen LogP contribution is -2.39. The fraction of sp³-hybridized carbons (Fsp3) is 0.250. The van der Waals surface area contributed by atoms with E-state index in [1.54, 1.807) is 36.4 Å². The van der Waals surface area contributed by atoms with Gasteiger partial charge in [0.15, 0.2) is 11.5 Å². The first kappa shape index (κ1) is 23.9. The molecule has 0 fully saturated rings. The van der Waals surface area contributed by atoms with Gasteiger partial charge in [-0.25, -0.2) is 4.98 Å². The normalized spacial score (nSPS) is 11.2. The Labute approximate surface area is 189 Å². The van der Waals surface area contributed by atoms with Gasteiger partial charge in [-0.3, -0.25) is 4.79 Å². The number of carbonyl (C=O) groups is 1. The number of benzene rings is 2. The van der Waals surface area contributed by atoms with Crippen molar-refractivity contribution in [1.82, 2.24) is 9.88 Å². The lowest BCUT2D eigenvalue weighted by molar-refractivity contribution is -0.139. The first-order chi connectivity index (χ1) is 15.7. The van der Waals surface area contributed by atoms with Crippen LogP contribution in [0.3, 0.4) is 0 Å². The SMILES string of the molecule is C=CCN(CC(F)(F)F)C(=O)c1cc(-c2cc(OC)c(OC)c(OC)c2)nc2ccccc12. The van der Waals surface area contributed by atoms with Crippen molar-refractivity contribution < 1.29 is 32.2 Å². The number of alkyl halides is 3. The number of nitrogens with zero attached hydrogens (tertiary/aromatic N) is 2. The van der Waals surface area contributed by atoms with Gasteiger partial charge in [0.25, 0.3) is 5.91 Å². The third-order valence-corrected chi connectivity index (χ3v) is 4.91. The number of amides is 1. The van der Waals surface area contributed by atoms with Gasteiger partial charge in [-0.15, -0.1) is 6.58 Å². The summed E-state index contributed by atoms with van der Waals surface area (Å²) in [5, 5.41) is 0.440. The summed E-state index contributed by atoms with van der Waals surface area (Å²) in [4.78, 5) is 18.5. The molecule has 3 aromatic rings. The Morgan fingerprint density at radius 2 is 1.70 bits per heavy atom. The minimum Gasteiger partial charge on any atom is -0.493 e. The average molecular weight is 460 g/mol. The molecular formula is C24H23F3N2O4. The Balaban J connectivity index is 2.21. The predicted octanol–water partition coefficient (Wildman–Crippen LogP) is 5.12. The summed E-state index contributed by atoms with van der Waals surface area (Å²) < 4.78 is 55.5. The summed E-state index contributed by atoms with van der Waals surface area (Å²) in [5.41, 5.74) is 1.45. The maximum Gasteiger partial charge on any atom is 0.406 e. The van der Waals surface area contributed by atoms with Crippen molar-refractivity contribution >= 4 is 16.8 Å². The number of carbonyl (C=O) groups excluding carboxylic acids is 1. The Kier molecular flexibility index (Phi) is 7.10. The minimum absolute atomic E-state index is 0.0930. The zero-order chi connectivity index (χ0) is 24.2. The van der Waals surface area contributed by atoms with E-state index in [2.05, 4.69) is 11.6 Å². The van der Waals surface area contributed by atoms with E-state index >= 15 is 0 Å². The van der Waals surface area contributed by atoms with Crippen LogP contribution in [0.25, 0.3) is 22.2 Å². The number of halogens is 3. The molecule has 6 nitrogen and oxygen atoms in total. The predicted molar refractivity (Wildman–Crippen MR) is 119 cm³/mol. The van der Waals surface area contributed by atoms with Crippen molar-refractivity contribution in [1.29, 1.82) is 0 Å². The number of hydrogen-bond donors (Lipinski definition) is 0. The molecule has 9 heteroatoms. The third-order valence-electron chi connectivity index (χ3n) is 4.91. The monoisotopic (exact) mass is 460 g/mol. The van der Waals surface area contributed by atoms with E-state index in [1.165, 1.54) is 33.5 Å². The van der Waals surface area contributed by atoms with Crippen LogP contribution in [-0.4, -0.2) is 56.4 Å². The molecule has 1 aromatic heterocycles. The van der Waals surface area contributed by atoms with Crippen LogP contribution in [0.5, 0.6) is 17.2 Å². The van der Waals surface area contributed by atoms with E-state index in [0.717, 1.165) is 0 Å². The highest BCUT2D eigenvalue weighted by atomic mass is 19.4. The van der Waals surface area contributed by atoms with Crippen molar-refractivity contribution in [3.05, 3.63) is 60.7 Å². The molecule has 33 heavy (non-hydrogen) atoms. The van der Waals surface area contributed by atoms with Crippen molar-refractivity contribution in [2.75, 3.05) is 34.4 Å². The van der Waals surface area contributed by atoms with Gasteiger partial charge >= 0.3 is 6.18 Å². The Bertz CT molecular complexity index is 1150. The number of pyridine rings is 1. The number of hydrogen-bond acceptors (Lipinski definition) is 5. The summed E-state index contributed by atoms with van der Waals surface area (Å²) in [7, 11) is 4.40. The molecule has 3 rings (SSSR count). The molecule has 0 N–H and O–H groups in total. The maximum absolute atomic E-state index is 13.2. The van der Waals surface area contributed by atoms with Crippen molar-refractivity contribution in [2.24, 2.45) is 0 Å². The highest BCUT2D eigenvalue weighted by Crippen LogP contribution is 2.41. The van der Waals surface area contributed by atoms with Crippen LogP contribution in [0.1, 0.15) is 10.4 Å². The van der Waals surface area contributed by atoms with Crippen LogP contribution in [0, 0.1) is 0 Å². The van der Waals surface area contributed by atoms with Gasteiger partial charge in [0.1, 0.15) is 6.54 Å². The van der Waals surface area contributed by atoms with Gasteiger partial charge in [0, 0.05) is 17.5 Å². The number of ether oxygens (including phenoxy) is 3. The molecule has 1 heterocycles. The van der Waals surface area contributed by atoms with Crippen LogP contribution < -0.4 is 14.2 Å². The number of aromatic nitrogens is 1. The molecule has 0 atom stereocenters. The summed E-state index contributed by atoms with van der Waals surface area (Å²) in [6.45, 7) is 1.83. The molecule has 2 aromatic carbocycles. The quantitative estimate of drug-likeness (QED) is 0.437. The molecular weight excluding hydrogens is 437 g/mol. The van der Waals surface area contributed by atoms with E-state index in [0.29, 0.717) is 44.3 Å². The number of para-hydroxylation sites is 1. The second-order valence-corrected chi connectivity index (χ2v) is 7.08. The minimum atomic E-state index is -4.55. The topological polar surface area (TPSA) is 60.9 Å². The third kappa shape index (κ3) is 5.19. The van der Waals surface area contributed by atoms with Crippen LogP contribution in [0.2, 0.25) is 0 Å². The Hall–Kier alpha value is -3.75. The molecule has 1 amide bonds. The second kappa shape index (κ2) is 9.81. The van der Waals surface area contributed by atoms with Gasteiger partial charge in [-0.2, -0.15) is 13.2 Å². The number of methoxy groups -OCH3 is 3.